The van der Waals surface area contributed by atoms with Crippen molar-refractivity contribution in [1.82, 2.24) is 5.32 Å². The number of para-hydroxylation sites is 1. The molecule has 0 aliphatic heterocycles. The zero-order valence-corrected chi connectivity index (χ0v) is 14.1. The molecule has 1 aromatic carbocycles. The number of nitrogens with one attached hydrogen (secondary N) is 2. The average molecular weight is 324 g/mol. The normalized spacial score (nSPS) is 11.6. The fourth-order valence-corrected chi connectivity index (χ4v) is 4.78. The number of hydrogen-bond acceptors (Lipinski definition) is 4. The number of thiophene rings is 1. The van der Waals surface area contributed by atoms with Gasteiger partial charge in [0.1, 0.15) is 4.21 Å². The van der Waals surface area contributed by atoms with Crippen molar-refractivity contribution in [2.45, 2.75) is 31.0 Å². The number of hydrogen-bond donors (Lipinski definition) is 2. The second-order valence-electron chi connectivity index (χ2n) is 4.82. The van der Waals surface area contributed by atoms with Crippen LogP contribution in [0.25, 0.3) is 0 Å². The van der Waals surface area contributed by atoms with E-state index in [1.807, 2.05) is 39.1 Å². The molecule has 21 heavy (non-hydrogen) atoms. The van der Waals surface area contributed by atoms with Crippen LogP contribution in [0.3, 0.4) is 0 Å². The summed E-state index contributed by atoms with van der Waals surface area (Å²) in [5.74, 6) is 0. The minimum atomic E-state index is -3.53. The Bertz CT molecular complexity index is 721. The minimum absolute atomic E-state index is 0.358. The van der Waals surface area contributed by atoms with Crippen LogP contribution in [0.4, 0.5) is 5.69 Å². The molecule has 0 atom stereocenters. The van der Waals surface area contributed by atoms with Crippen LogP contribution >= 0.6 is 11.3 Å². The van der Waals surface area contributed by atoms with Gasteiger partial charge in [0.2, 0.25) is 0 Å². The molecule has 0 saturated heterocycles. The summed E-state index contributed by atoms with van der Waals surface area (Å²) in [6.07, 6.45) is 0.785. The Hall–Kier alpha value is -1.37. The monoisotopic (exact) mass is 324 g/mol. The van der Waals surface area contributed by atoms with E-state index in [2.05, 4.69) is 10.0 Å². The number of aryl methyl sites for hydroxylation is 2. The highest BCUT2D eigenvalue weighted by molar-refractivity contribution is 7.94. The van der Waals surface area contributed by atoms with Gasteiger partial charge >= 0.3 is 0 Å². The lowest BCUT2D eigenvalue weighted by molar-refractivity contribution is 0.603. The van der Waals surface area contributed by atoms with E-state index in [-0.39, 0.29) is 0 Å². The molecule has 0 bridgehead atoms. The lowest BCUT2D eigenvalue weighted by Gasteiger charge is -2.10. The van der Waals surface area contributed by atoms with E-state index in [4.69, 9.17) is 0 Å². The molecule has 1 heterocycles. The third-order valence-electron chi connectivity index (χ3n) is 3.24. The van der Waals surface area contributed by atoms with Crippen LogP contribution < -0.4 is 10.0 Å². The van der Waals surface area contributed by atoms with E-state index in [0.717, 1.165) is 22.4 Å². The van der Waals surface area contributed by atoms with Crippen molar-refractivity contribution in [1.29, 1.82) is 0 Å². The maximum Gasteiger partial charge on any atom is 0.271 e. The van der Waals surface area contributed by atoms with E-state index in [9.17, 15) is 8.42 Å². The van der Waals surface area contributed by atoms with Gasteiger partial charge in [-0.15, -0.1) is 11.3 Å². The predicted octanol–water partition coefficient (Wildman–Crippen LogP) is 3.14. The first-order valence-corrected chi connectivity index (χ1v) is 9.12. The first-order chi connectivity index (χ1) is 9.97. The summed E-state index contributed by atoms with van der Waals surface area (Å²) in [7, 11) is -1.67. The van der Waals surface area contributed by atoms with Crippen molar-refractivity contribution in [3.8, 4) is 0 Å². The Labute approximate surface area is 130 Å². The zero-order valence-electron chi connectivity index (χ0n) is 12.4. The molecular formula is C15H20N2O2S2. The molecule has 0 amide bonds. The van der Waals surface area contributed by atoms with Gasteiger partial charge in [-0.1, -0.05) is 25.1 Å². The number of anilines is 1. The SMILES string of the molecule is CCc1ccccc1NS(=O)(=O)c1cc(C)c(CNC)s1. The van der Waals surface area contributed by atoms with Crippen molar-refractivity contribution < 1.29 is 8.42 Å². The highest BCUT2D eigenvalue weighted by Gasteiger charge is 2.19. The Morgan fingerprint density at radius 3 is 2.62 bits per heavy atom. The summed E-state index contributed by atoms with van der Waals surface area (Å²) >= 11 is 1.31. The standard InChI is InChI=1S/C15H20N2O2S2/c1-4-12-7-5-6-8-13(12)17-21(18,19)15-9-11(2)14(20-15)10-16-3/h5-9,16-17H,4,10H2,1-3H3. The first-order valence-electron chi connectivity index (χ1n) is 6.82. The Kier molecular flexibility index (Phi) is 5.03. The molecule has 0 aliphatic carbocycles. The van der Waals surface area contributed by atoms with Crippen LogP contribution in [-0.4, -0.2) is 15.5 Å². The summed E-state index contributed by atoms with van der Waals surface area (Å²) < 4.78 is 28.1. The van der Waals surface area contributed by atoms with Crippen LogP contribution in [0.1, 0.15) is 22.9 Å². The van der Waals surface area contributed by atoms with E-state index in [1.54, 1.807) is 12.1 Å². The highest BCUT2D eigenvalue weighted by atomic mass is 32.2. The molecule has 2 aromatic rings. The number of benzene rings is 1. The largest absolute Gasteiger partial charge is 0.315 e. The molecule has 0 saturated carbocycles. The van der Waals surface area contributed by atoms with Crippen molar-refractivity contribution in [3.05, 3.63) is 46.3 Å². The molecule has 0 fully saturated rings. The summed E-state index contributed by atoms with van der Waals surface area (Å²) in [5.41, 5.74) is 2.64. The molecule has 0 radical (unpaired) electrons. The molecular weight excluding hydrogens is 304 g/mol. The number of sulfonamides is 1. The fourth-order valence-electron chi connectivity index (χ4n) is 2.08. The van der Waals surface area contributed by atoms with Crippen molar-refractivity contribution in [2.24, 2.45) is 0 Å². The van der Waals surface area contributed by atoms with Gasteiger partial charge in [0.15, 0.2) is 0 Å². The van der Waals surface area contributed by atoms with Gasteiger partial charge in [0.05, 0.1) is 5.69 Å². The van der Waals surface area contributed by atoms with Crippen LogP contribution in [0.2, 0.25) is 0 Å². The molecule has 114 valence electrons. The minimum Gasteiger partial charge on any atom is -0.315 e. The van der Waals surface area contributed by atoms with Gasteiger partial charge < -0.3 is 5.32 Å². The van der Waals surface area contributed by atoms with Gasteiger partial charge in [0.25, 0.3) is 10.0 Å². The summed E-state index contributed by atoms with van der Waals surface area (Å²) in [5, 5.41) is 3.05. The molecule has 2 rings (SSSR count). The fraction of sp³-hybridized carbons (Fsp3) is 0.333. The lowest BCUT2D eigenvalue weighted by Crippen LogP contribution is -2.12. The summed E-state index contributed by atoms with van der Waals surface area (Å²) in [6, 6.07) is 9.21. The third kappa shape index (κ3) is 3.64. The first kappa shape index (κ1) is 16.0. The summed E-state index contributed by atoms with van der Waals surface area (Å²) in [6.45, 7) is 4.62. The van der Waals surface area contributed by atoms with Crippen LogP contribution in [-0.2, 0) is 23.0 Å². The quantitative estimate of drug-likeness (QED) is 0.858. The molecule has 1 aromatic heterocycles. The molecule has 4 nitrogen and oxygen atoms in total. The van der Waals surface area contributed by atoms with Gasteiger partial charge in [0, 0.05) is 11.4 Å². The second kappa shape index (κ2) is 6.60. The molecule has 0 aliphatic rings. The number of rotatable bonds is 6. The van der Waals surface area contributed by atoms with Crippen LogP contribution in [0, 0.1) is 6.92 Å². The Morgan fingerprint density at radius 2 is 1.95 bits per heavy atom. The molecule has 0 spiro atoms. The van der Waals surface area contributed by atoms with Gasteiger partial charge in [-0.25, -0.2) is 8.42 Å². The highest BCUT2D eigenvalue weighted by Crippen LogP contribution is 2.28. The second-order valence-corrected chi connectivity index (χ2v) is 7.86. The van der Waals surface area contributed by atoms with Gasteiger partial charge in [-0.3, -0.25) is 4.72 Å². The smallest absolute Gasteiger partial charge is 0.271 e. The van der Waals surface area contributed by atoms with E-state index in [0.29, 0.717) is 16.4 Å². The van der Waals surface area contributed by atoms with E-state index < -0.39 is 10.0 Å². The lowest BCUT2D eigenvalue weighted by atomic mass is 10.1. The zero-order chi connectivity index (χ0) is 15.5. The summed E-state index contributed by atoms with van der Waals surface area (Å²) in [4.78, 5) is 1.04. The van der Waals surface area contributed by atoms with Crippen molar-refractivity contribution in [3.63, 3.8) is 0 Å². The van der Waals surface area contributed by atoms with Crippen LogP contribution in [0.15, 0.2) is 34.5 Å². The molecule has 6 heteroatoms. The van der Waals surface area contributed by atoms with Crippen molar-refractivity contribution in [2.75, 3.05) is 11.8 Å². The van der Waals surface area contributed by atoms with E-state index >= 15 is 0 Å². The van der Waals surface area contributed by atoms with Crippen molar-refractivity contribution >= 4 is 27.0 Å². The molecule has 2 N–H and O–H groups in total. The third-order valence-corrected chi connectivity index (χ3v) is 6.32. The topological polar surface area (TPSA) is 58.2 Å². The van der Waals surface area contributed by atoms with Gasteiger partial charge in [-0.2, -0.15) is 0 Å². The molecule has 0 unspecified atom stereocenters. The Morgan fingerprint density at radius 1 is 1.24 bits per heavy atom. The van der Waals surface area contributed by atoms with Gasteiger partial charge in [-0.05, 0) is 43.7 Å². The van der Waals surface area contributed by atoms with E-state index in [1.165, 1.54) is 11.3 Å². The van der Waals surface area contributed by atoms with Crippen LogP contribution in [0.5, 0.6) is 0 Å². The Balaban J connectivity index is 2.32. The maximum atomic E-state index is 12.5. The predicted molar refractivity (Wildman–Crippen MR) is 88.4 cm³/mol. The maximum absolute atomic E-state index is 12.5. The average Bonchev–Trinajstić information content (AvgIpc) is 2.82.